The van der Waals surface area contributed by atoms with Crippen molar-refractivity contribution in [3.8, 4) is 11.1 Å². The number of fused-ring (bicyclic) bond motifs is 1. The number of nitrogens with two attached hydrogens (primary N) is 1. The molecule has 5 aromatic rings. The molecule has 0 saturated heterocycles. The van der Waals surface area contributed by atoms with E-state index in [0.29, 0.717) is 0 Å². The molecule has 0 bridgehead atoms. The summed E-state index contributed by atoms with van der Waals surface area (Å²) in [6.45, 7) is 1.88. The van der Waals surface area contributed by atoms with Gasteiger partial charge in [-0.1, -0.05) is 121 Å². The van der Waals surface area contributed by atoms with Crippen LogP contribution in [0.2, 0.25) is 0 Å². The predicted molar refractivity (Wildman–Crippen MR) is 162 cm³/mol. The van der Waals surface area contributed by atoms with Crippen LogP contribution in [0.4, 0.5) is 0 Å². The number of nitrogens with zero attached hydrogens (tertiary/aromatic N) is 3. The monoisotopic (exact) mass is 507 g/mol. The van der Waals surface area contributed by atoms with Gasteiger partial charge in [0.15, 0.2) is 6.17 Å². The molecule has 1 aliphatic rings. The molecule has 0 saturated carbocycles. The van der Waals surface area contributed by atoms with Crippen molar-refractivity contribution < 1.29 is 0 Å². The van der Waals surface area contributed by atoms with E-state index in [4.69, 9.17) is 15.7 Å². The van der Waals surface area contributed by atoms with Crippen LogP contribution in [0.3, 0.4) is 0 Å². The molecule has 5 nitrogen and oxygen atoms in total. The summed E-state index contributed by atoms with van der Waals surface area (Å²) in [7, 11) is 0. The first-order valence-electron chi connectivity index (χ1n) is 13.1. The maximum atomic E-state index is 6.22. The standard InChI is InChI=1S/C34H29N5/c1-2-36-31(35)25-19-17-24(18-20-25)29-22-21-23-11-9-10-16-28(23)30(29)34-38-32(26-12-5-3-6-13-26)37-33(39-34)27-14-7-4-8-15-27/h2-22,31-32H,35H2,1H3,(H,37,38,39). The number of rotatable bonds is 6. The van der Waals surface area contributed by atoms with E-state index in [0.717, 1.165) is 55.8 Å². The fourth-order valence-corrected chi connectivity index (χ4v) is 4.97. The highest BCUT2D eigenvalue weighted by atomic mass is 15.2. The molecule has 0 aliphatic carbocycles. The van der Waals surface area contributed by atoms with Gasteiger partial charge in [-0.25, -0.2) is 9.98 Å². The maximum absolute atomic E-state index is 6.22. The van der Waals surface area contributed by atoms with Crippen molar-refractivity contribution >= 4 is 28.7 Å². The highest BCUT2D eigenvalue weighted by Crippen LogP contribution is 2.34. The number of hydrogen-bond donors (Lipinski definition) is 2. The van der Waals surface area contributed by atoms with Crippen molar-refractivity contribution in [1.82, 2.24) is 5.32 Å². The molecule has 190 valence electrons. The largest absolute Gasteiger partial charge is 0.324 e. The highest BCUT2D eigenvalue weighted by molar-refractivity contribution is 6.22. The molecule has 0 radical (unpaired) electrons. The topological polar surface area (TPSA) is 75.1 Å². The van der Waals surface area contributed by atoms with Gasteiger partial charge in [0, 0.05) is 11.1 Å². The van der Waals surface area contributed by atoms with Crippen LogP contribution in [-0.2, 0) is 0 Å². The molecular weight excluding hydrogens is 478 g/mol. The quantitative estimate of drug-likeness (QED) is 0.242. The summed E-state index contributed by atoms with van der Waals surface area (Å²) in [6, 6.07) is 41.5. The number of amidine groups is 2. The summed E-state index contributed by atoms with van der Waals surface area (Å²) >= 11 is 0. The van der Waals surface area contributed by atoms with Gasteiger partial charge >= 0.3 is 0 Å². The lowest BCUT2D eigenvalue weighted by Gasteiger charge is -2.24. The molecule has 5 heteroatoms. The molecule has 1 heterocycles. The second-order valence-corrected chi connectivity index (χ2v) is 9.41. The maximum Gasteiger partial charge on any atom is 0.169 e. The van der Waals surface area contributed by atoms with Crippen molar-refractivity contribution in [2.45, 2.75) is 19.3 Å². The van der Waals surface area contributed by atoms with E-state index in [1.165, 1.54) is 0 Å². The van der Waals surface area contributed by atoms with Crippen LogP contribution < -0.4 is 11.1 Å². The zero-order valence-electron chi connectivity index (χ0n) is 21.7. The molecule has 5 aromatic carbocycles. The van der Waals surface area contributed by atoms with Gasteiger partial charge in [-0.15, -0.1) is 0 Å². The molecule has 39 heavy (non-hydrogen) atoms. The zero-order valence-corrected chi connectivity index (χ0v) is 21.7. The van der Waals surface area contributed by atoms with E-state index < -0.39 is 0 Å². The lowest BCUT2D eigenvalue weighted by atomic mass is 9.92. The average Bonchev–Trinajstić information content (AvgIpc) is 3.01. The molecule has 1 aliphatic heterocycles. The van der Waals surface area contributed by atoms with Gasteiger partial charge in [-0.2, -0.15) is 0 Å². The third-order valence-corrected chi connectivity index (χ3v) is 6.92. The Morgan fingerprint density at radius 3 is 2.13 bits per heavy atom. The molecule has 6 rings (SSSR count). The minimum Gasteiger partial charge on any atom is -0.324 e. The van der Waals surface area contributed by atoms with E-state index in [1.54, 1.807) is 6.21 Å². The molecule has 0 amide bonds. The van der Waals surface area contributed by atoms with E-state index in [-0.39, 0.29) is 12.3 Å². The Kier molecular flexibility index (Phi) is 6.81. The van der Waals surface area contributed by atoms with Crippen LogP contribution in [0, 0.1) is 0 Å². The van der Waals surface area contributed by atoms with E-state index in [1.807, 2.05) is 55.5 Å². The Morgan fingerprint density at radius 1 is 0.718 bits per heavy atom. The Balaban J connectivity index is 1.53. The average molecular weight is 508 g/mol. The summed E-state index contributed by atoms with van der Waals surface area (Å²) in [5.41, 5.74) is 12.4. The van der Waals surface area contributed by atoms with Gasteiger partial charge < -0.3 is 11.1 Å². The van der Waals surface area contributed by atoms with Gasteiger partial charge in [0.1, 0.15) is 17.8 Å². The summed E-state index contributed by atoms with van der Waals surface area (Å²) < 4.78 is 0. The molecule has 0 fully saturated rings. The SMILES string of the molecule is CC=NC(N)c1ccc(-c2ccc3ccccc3c2C2=NC(c3ccccc3)N=C(c3ccccc3)N2)cc1. The van der Waals surface area contributed by atoms with E-state index in [2.05, 4.69) is 83.1 Å². The van der Waals surface area contributed by atoms with E-state index >= 15 is 0 Å². The van der Waals surface area contributed by atoms with Crippen molar-refractivity contribution in [3.63, 3.8) is 0 Å². The zero-order chi connectivity index (χ0) is 26.6. The first-order valence-corrected chi connectivity index (χ1v) is 13.1. The number of hydrogen-bond acceptors (Lipinski definition) is 5. The van der Waals surface area contributed by atoms with Crippen molar-refractivity contribution in [1.29, 1.82) is 0 Å². The Morgan fingerprint density at radius 2 is 1.38 bits per heavy atom. The molecule has 0 spiro atoms. The molecule has 3 N–H and O–H groups in total. The summed E-state index contributed by atoms with van der Waals surface area (Å²) in [6.07, 6.45) is 1.000. The lowest BCUT2D eigenvalue weighted by molar-refractivity contribution is 0.756. The third kappa shape index (κ3) is 5.00. The van der Waals surface area contributed by atoms with Crippen LogP contribution in [0.25, 0.3) is 21.9 Å². The van der Waals surface area contributed by atoms with Crippen molar-refractivity contribution in [2.24, 2.45) is 20.7 Å². The Bertz CT molecular complexity index is 1690. The second kappa shape index (κ2) is 10.9. The Labute approximate surface area is 228 Å². The normalized spacial score (nSPS) is 16.0. The number of nitrogens with one attached hydrogen (secondary N) is 1. The first-order chi connectivity index (χ1) is 19.2. The highest BCUT2D eigenvalue weighted by Gasteiger charge is 2.24. The van der Waals surface area contributed by atoms with Crippen LogP contribution >= 0.6 is 0 Å². The number of benzene rings is 5. The molecular formula is C34H29N5. The lowest BCUT2D eigenvalue weighted by Crippen LogP contribution is -2.36. The smallest absolute Gasteiger partial charge is 0.169 e. The van der Waals surface area contributed by atoms with Crippen LogP contribution in [0.15, 0.2) is 136 Å². The minimum atomic E-state index is -0.374. The fourth-order valence-electron chi connectivity index (χ4n) is 4.97. The van der Waals surface area contributed by atoms with Crippen molar-refractivity contribution in [3.05, 3.63) is 144 Å². The summed E-state index contributed by atoms with van der Waals surface area (Å²) in [4.78, 5) is 14.5. The van der Waals surface area contributed by atoms with Gasteiger partial charge in [0.25, 0.3) is 0 Å². The summed E-state index contributed by atoms with van der Waals surface area (Å²) in [5.74, 6) is 1.59. The minimum absolute atomic E-state index is 0.364. The predicted octanol–water partition coefficient (Wildman–Crippen LogP) is 7.05. The van der Waals surface area contributed by atoms with Crippen LogP contribution in [-0.4, -0.2) is 17.9 Å². The fraction of sp³-hybridized carbons (Fsp3) is 0.0882. The van der Waals surface area contributed by atoms with Gasteiger partial charge in [0.05, 0.1) is 0 Å². The van der Waals surface area contributed by atoms with Crippen LogP contribution in [0.5, 0.6) is 0 Å². The second-order valence-electron chi connectivity index (χ2n) is 9.41. The molecule has 2 atom stereocenters. The number of aliphatic imine (C=N–C) groups is 3. The first kappa shape index (κ1) is 24.5. The Hall–Kier alpha value is -4.87. The third-order valence-electron chi connectivity index (χ3n) is 6.92. The van der Waals surface area contributed by atoms with Gasteiger partial charge in [0.2, 0.25) is 0 Å². The van der Waals surface area contributed by atoms with E-state index in [9.17, 15) is 0 Å². The van der Waals surface area contributed by atoms with Gasteiger partial charge in [-0.05, 0) is 46.2 Å². The molecule has 2 unspecified atom stereocenters. The van der Waals surface area contributed by atoms with Crippen LogP contribution in [0.1, 0.15) is 41.5 Å². The van der Waals surface area contributed by atoms with Crippen molar-refractivity contribution in [2.75, 3.05) is 0 Å². The summed E-state index contributed by atoms with van der Waals surface area (Å²) in [5, 5.41) is 5.87. The molecule has 0 aromatic heterocycles. The van der Waals surface area contributed by atoms with Gasteiger partial charge in [-0.3, -0.25) is 4.99 Å².